The van der Waals surface area contributed by atoms with Crippen LogP contribution < -0.4 is 0 Å². The highest BCUT2D eigenvalue weighted by Crippen LogP contribution is 2.34. The largest absolute Gasteiger partial charge is 0.314 e. The number of nitrogens with zero attached hydrogens (tertiary/aromatic N) is 2. The fourth-order valence-corrected chi connectivity index (χ4v) is 3.09. The molecule has 0 unspecified atom stereocenters. The van der Waals surface area contributed by atoms with Crippen LogP contribution in [-0.4, -0.2) is 16.7 Å². The Kier molecular flexibility index (Phi) is 4.51. The molecular weight excluding hydrogens is 307 g/mol. The van der Waals surface area contributed by atoms with Crippen molar-refractivity contribution in [3.63, 3.8) is 0 Å². The predicted octanol–water partition coefficient (Wildman–Crippen LogP) is 3.66. The maximum absolute atomic E-state index is 13.8. The zero-order valence-corrected chi connectivity index (χ0v) is 12.0. The second-order valence-electron chi connectivity index (χ2n) is 3.93. The van der Waals surface area contributed by atoms with Crippen molar-refractivity contribution in [2.45, 2.75) is 13.3 Å². The molecule has 0 spiro atoms. The minimum Gasteiger partial charge on any atom is -0.314 e. The SMILES string of the molecule is Cc1nc(-c2c(F)cccc2Cl)sc1CCO[N+](=O)[O-]. The number of thiazole rings is 1. The van der Waals surface area contributed by atoms with Gasteiger partial charge in [-0.3, -0.25) is 0 Å². The average Bonchev–Trinajstić information content (AvgIpc) is 2.70. The molecule has 1 heterocycles. The second-order valence-corrected chi connectivity index (χ2v) is 5.42. The van der Waals surface area contributed by atoms with Gasteiger partial charge in [-0.2, -0.15) is 0 Å². The summed E-state index contributed by atoms with van der Waals surface area (Å²) in [4.78, 5) is 19.4. The average molecular weight is 317 g/mol. The van der Waals surface area contributed by atoms with Crippen molar-refractivity contribution in [2.75, 3.05) is 6.61 Å². The minimum atomic E-state index is -0.842. The number of aryl methyl sites for hydroxylation is 1. The molecule has 0 aliphatic heterocycles. The normalized spacial score (nSPS) is 10.6. The number of hydrogen-bond donors (Lipinski definition) is 0. The van der Waals surface area contributed by atoms with E-state index in [2.05, 4.69) is 9.82 Å². The quantitative estimate of drug-likeness (QED) is 0.623. The summed E-state index contributed by atoms with van der Waals surface area (Å²) in [6.07, 6.45) is 0.344. The van der Waals surface area contributed by atoms with Crippen LogP contribution >= 0.6 is 22.9 Å². The van der Waals surface area contributed by atoms with Crippen LogP contribution in [0.3, 0.4) is 0 Å². The third-order valence-corrected chi connectivity index (χ3v) is 4.14. The number of benzene rings is 1. The molecule has 0 radical (unpaired) electrons. The molecule has 1 aromatic heterocycles. The van der Waals surface area contributed by atoms with Gasteiger partial charge in [-0.1, -0.05) is 17.7 Å². The monoisotopic (exact) mass is 316 g/mol. The van der Waals surface area contributed by atoms with E-state index in [0.29, 0.717) is 17.1 Å². The smallest absolute Gasteiger partial charge is 0.294 e. The maximum Gasteiger partial charge on any atom is 0.294 e. The van der Waals surface area contributed by atoms with Gasteiger partial charge in [0, 0.05) is 11.3 Å². The number of hydrogen-bond acceptors (Lipinski definition) is 5. The molecule has 0 fully saturated rings. The fraction of sp³-hybridized carbons (Fsp3) is 0.250. The molecule has 0 N–H and O–H groups in total. The van der Waals surface area contributed by atoms with Gasteiger partial charge in [0.05, 0.1) is 16.3 Å². The minimum absolute atomic E-state index is 0.0551. The summed E-state index contributed by atoms with van der Waals surface area (Å²) >= 11 is 7.24. The van der Waals surface area contributed by atoms with Gasteiger partial charge in [0.15, 0.2) is 0 Å². The summed E-state index contributed by atoms with van der Waals surface area (Å²) < 4.78 is 13.8. The lowest BCUT2D eigenvalue weighted by atomic mass is 10.2. The molecule has 5 nitrogen and oxygen atoms in total. The first-order valence-corrected chi connectivity index (χ1v) is 6.86. The van der Waals surface area contributed by atoms with E-state index in [0.717, 1.165) is 4.88 Å². The van der Waals surface area contributed by atoms with Crippen LogP contribution in [0, 0.1) is 22.9 Å². The first kappa shape index (κ1) is 14.7. The lowest BCUT2D eigenvalue weighted by Gasteiger charge is -2.01. The van der Waals surface area contributed by atoms with E-state index in [1.54, 1.807) is 13.0 Å². The Labute approximate surface area is 123 Å². The van der Waals surface area contributed by atoms with Crippen LogP contribution in [0.2, 0.25) is 5.02 Å². The fourth-order valence-electron chi connectivity index (χ4n) is 1.68. The molecule has 0 saturated carbocycles. The van der Waals surface area contributed by atoms with E-state index in [9.17, 15) is 14.5 Å². The zero-order valence-electron chi connectivity index (χ0n) is 10.4. The van der Waals surface area contributed by atoms with E-state index >= 15 is 0 Å². The standard InChI is InChI=1S/C12H10ClFN2O3S/c1-7-10(5-6-19-16(17)18)20-12(15-7)11-8(13)3-2-4-9(11)14/h2-4H,5-6H2,1H3. The highest BCUT2D eigenvalue weighted by Gasteiger charge is 2.16. The summed E-state index contributed by atoms with van der Waals surface area (Å²) in [7, 11) is 0. The van der Waals surface area contributed by atoms with Crippen LogP contribution in [0.25, 0.3) is 10.6 Å². The maximum atomic E-state index is 13.8. The van der Waals surface area contributed by atoms with Crippen molar-refractivity contribution < 1.29 is 14.3 Å². The molecule has 2 aromatic rings. The van der Waals surface area contributed by atoms with Gasteiger partial charge in [0.1, 0.15) is 17.4 Å². The Morgan fingerprint density at radius 2 is 2.30 bits per heavy atom. The van der Waals surface area contributed by atoms with Crippen LogP contribution in [0.4, 0.5) is 4.39 Å². The van der Waals surface area contributed by atoms with Gasteiger partial charge in [-0.25, -0.2) is 9.37 Å². The van der Waals surface area contributed by atoms with E-state index in [-0.39, 0.29) is 17.2 Å². The Hall–Kier alpha value is -1.73. The first-order valence-electron chi connectivity index (χ1n) is 5.67. The summed E-state index contributed by atoms with van der Waals surface area (Å²) in [6.45, 7) is 1.71. The topological polar surface area (TPSA) is 65.3 Å². The molecule has 8 heteroatoms. The van der Waals surface area contributed by atoms with Gasteiger partial charge in [0.25, 0.3) is 5.09 Å². The van der Waals surface area contributed by atoms with E-state index < -0.39 is 10.9 Å². The van der Waals surface area contributed by atoms with Gasteiger partial charge >= 0.3 is 0 Å². The van der Waals surface area contributed by atoms with Crippen LogP contribution in [-0.2, 0) is 11.3 Å². The van der Waals surface area contributed by atoms with Crippen molar-refractivity contribution in [1.82, 2.24) is 4.98 Å². The van der Waals surface area contributed by atoms with Crippen molar-refractivity contribution in [3.05, 3.63) is 49.7 Å². The number of aromatic nitrogens is 1. The van der Waals surface area contributed by atoms with Crippen LogP contribution in [0.1, 0.15) is 10.6 Å². The lowest BCUT2D eigenvalue weighted by Crippen LogP contribution is -2.04. The lowest BCUT2D eigenvalue weighted by molar-refractivity contribution is -0.757. The molecular formula is C12H10ClFN2O3S. The Balaban J connectivity index is 2.25. The summed E-state index contributed by atoms with van der Waals surface area (Å²) in [5.41, 5.74) is 0.944. The van der Waals surface area contributed by atoms with Crippen molar-refractivity contribution in [2.24, 2.45) is 0 Å². The van der Waals surface area contributed by atoms with E-state index in [4.69, 9.17) is 11.6 Å². The van der Waals surface area contributed by atoms with E-state index in [1.165, 1.54) is 23.5 Å². The molecule has 106 valence electrons. The highest BCUT2D eigenvalue weighted by molar-refractivity contribution is 7.15. The molecule has 0 amide bonds. The molecule has 0 aliphatic carbocycles. The van der Waals surface area contributed by atoms with Crippen molar-refractivity contribution >= 4 is 22.9 Å². The number of halogens is 2. The van der Waals surface area contributed by atoms with E-state index in [1.807, 2.05) is 0 Å². The molecule has 0 bridgehead atoms. The van der Waals surface area contributed by atoms with Gasteiger partial charge < -0.3 is 4.84 Å². The molecule has 2 rings (SSSR count). The Bertz CT molecular complexity index is 627. The first-order chi connectivity index (χ1) is 9.49. The number of rotatable bonds is 5. The zero-order chi connectivity index (χ0) is 14.7. The van der Waals surface area contributed by atoms with Crippen molar-refractivity contribution in [3.8, 4) is 10.6 Å². The third kappa shape index (κ3) is 3.23. The van der Waals surface area contributed by atoms with Gasteiger partial charge in [-0.15, -0.1) is 21.5 Å². The van der Waals surface area contributed by atoms with Crippen LogP contribution in [0.15, 0.2) is 18.2 Å². The summed E-state index contributed by atoms with van der Waals surface area (Å²) in [6, 6.07) is 4.42. The molecule has 20 heavy (non-hydrogen) atoms. The molecule has 0 aliphatic rings. The second kappa shape index (κ2) is 6.15. The molecule has 0 atom stereocenters. The molecule has 0 saturated heterocycles. The summed E-state index contributed by atoms with van der Waals surface area (Å²) in [5.74, 6) is -0.445. The molecule has 1 aromatic carbocycles. The Morgan fingerprint density at radius 3 is 2.95 bits per heavy atom. The van der Waals surface area contributed by atoms with Crippen molar-refractivity contribution in [1.29, 1.82) is 0 Å². The third-order valence-electron chi connectivity index (χ3n) is 2.60. The highest BCUT2D eigenvalue weighted by atomic mass is 35.5. The van der Waals surface area contributed by atoms with Crippen LogP contribution in [0.5, 0.6) is 0 Å². The predicted molar refractivity (Wildman–Crippen MR) is 73.9 cm³/mol. The summed E-state index contributed by atoms with van der Waals surface area (Å²) in [5, 5.41) is 10.00. The Morgan fingerprint density at radius 1 is 1.55 bits per heavy atom. The van der Waals surface area contributed by atoms with Gasteiger partial charge in [0.2, 0.25) is 0 Å². The van der Waals surface area contributed by atoms with Gasteiger partial charge in [-0.05, 0) is 19.1 Å².